The standard InChI is InChI=1S/C5H6N2S/c1-4-2-3-5(8)7-6-4/h2H,3H2,1H3. The second kappa shape index (κ2) is 2.13. The van der Waals surface area contributed by atoms with Crippen LogP contribution in [0.5, 0.6) is 0 Å². The summed E-state index contributed by atoms with van der Waals surface area (Å²) in [7, 11) is 0. The van der Waals surface area contributed by atoms with Crippen molar-refractivity contribution in [1.82, 2.24) is 0 Å². The van der Waals surface area contributed by atoms with E-state index in [9.17, 15) is 0 Å². The van der Waals surface area contributed by atoms with Gasteiger partial charge >= 0.3 is 0 Å². The van der Waals surface area contributed by atoms with Crippen molar-refractivity contribution in [2.45, 2.75) is 13.3 Å². The minimum absolute atomic E-state index is 0.676. The molecule has 3 heteroatoms. The molecule has 0 bridgehead atoms. The van der Waals surface area contributed by atoms with E-state index in [1.807, 2.05) is 13.0 Å². The molecule has 0 radical (unpaired) electrons. The third-order valence-electron chi connectivity index (χ3n) is 0.891. The second-order valence-corrected chi connectivity index (χ2v) is 2.11. The van der Waals surface area contributed by atoms with Crippen LogP contribution in [0.3, 0.4) is 0 Å². The van der Waals surface area contributed by atoms with E-state index < -0.39 is 0 Å². The summed E-state index contributed by atoms with van der Waals surface area (Å²) < 4.78 is 0. The Morgan fingerprint density at radius 1 is 1.62 bits per heavy atom. The molecule has 1 aliphatic heterocycles. The van der Waals surface area contributed by atoms with Crippen LogP contribution in [0.2, 0.25) is 0 Å². The molecule has 0 aromatic carbocycles. The zero-order valence-electron chi connectivity index (χ0n) is 4.59. The highest BCUT2D eigenvalue weighted by molar-refractivity contribution is 7.80. The van der Waals surface area contributed by atoms with Gasteiger partial charge in [-0.2, -0.15) is 5.11 Å². The van der Waals surface area contributed by atoms with Crippen molar-refractivity contribution in [3.05, 3.63) is 11.8 Å². The van der Waals surface area contributed by atoms with Crippen molar-refractivity contribution in [2.75, 3.05) is 0 Å². The van der Waals surface area contributed by atoms with Crippen molar-refractivity contribution in [3.63, 3.8) is 0 Å². The predicted octanol–water partition coefficient (Wildman–Crippen LogP) is 2.07. The van der Waals surface area contributed by atoms with Gasteiger partial charge in [-0.3, -0.25) is 0 Å². The molecule has 0 atom stereocenters. The minimum atomic E-state index is 0.676. The van der Waals surface area contributed by atoms with Gasteiger partial charge in [0.15, 0.2) is 0 Å². The number of thiocarbonyl (C=S) groups is 1. The maximum absolute atomic E-state index is 4.75. The monoisotopic (exact) mass is 126 g/mol. The highest BCUT2D eigenvalue weighted by Gasteiger charge is 1.96. The molecule has 2 nitrogen and oxygen atoms in total. The summed E-state index contributed by atoms with van der Waals surface area (Å²) in [5, 5.41) is 7.45. The molecule has 0 aromatic heterocycles. The number of rotatable bonds is 0. The van der Waals surface area contributed by atoms with Gasteiger partial charge in [0.1, 0.15) is 4.99 Å². The fraction of sp³-hybridized carbons (Fsp3) is 0.400. The van der Waals surface area contributed by atoms with Crippen molar-refractivity contribution in [2.24, 2.45) is 10.2 Å². The van der Waals surface area contributed by atoms with E-state index >= 15 is 0 Å². The molecular formula is C5H6N2S. The van der Waals surface area contributed by atoms with Crippen molar-refractivity contribution in [3.8, 4) is 0 Å². The Labute approximate surface area is 53.3 Å². The number of hydrogen-bond acceptors (Lipinski definition) is 2. The Balaban J connectivity index is 2.71. The lowest BCUT2D eigenvalue weighted by atomic mass is 10.3. The lowest BCUT2D eigenvalue weighted by Gasteiger charge is -1.97. The summed E-state index contributed by atoms with van der Waals surface area (Å²) in [5.41, 5.74) is 0.957. The predicted molar refractivity (Wildman–Crippen MR) is 35.8 cm³/mol. The molecule has 1 heterocycles. The first-order chi connectivity index (χ1) is 3.79. The molecule has 0 aromatic rings. The Hall–Kier alpha value is -0.570. The number of nitrogens with zero attached hydrogens (tertiary/aromatic N) is 2. The van der Waals surface area contributed by atoms with Crippen LogP contribution in [0.15, 0.2) is 22.0 Å². The Morgan fingerprint density at radius 2 is 2.38 bits per heavy atom. The third-order valence-corrected chi connectivity index (χ3v) is 1.14. The van der Waals surface area contributed by atoms with Crippen LogP contribution in [0.4, 0.5) is 0 Å². The lowest BCUT2D eigenvalue weighted by Crippen LogP contribution is -1.90. The summed E-state index contributed by atoms with van der Waals surface area (Å²) in [5.74, 6) is 0. The Kier molecular flexibility index (Phi) is 1.48. The van der Waals surface area contributed by atoms with E-state index in [-0.39, 0.29) is 0 Å². The maximum Gasteiger partial charge on any atom is 0.129 e. The van der Waals surface area contributed by atoms with E-state index in [0.717, 1.165) is 12.1 Å². The van der Waals surface area contributed by atoms with E-state index in [4.69, 9.17) is 12.2 Å². The van der Waals surface area contributed by atoms with Crippen molar-refractivity contribution >= 4 is 17.2 Å². The van der Waals surface area contributed by atoms with Crippen LogP contribution < -0.4 is 0 Å². The molecule has 42 valence electrons. The first-order valence-electron chi connectivity index (χ1n) is 2.40. The topological polar surface area (TPSA) is 24.7 Å². The molecular weight excluding hydrogens is 120 g/mol. The molecule has 8 heavy (non-hydrogen) atoms. The lowest BCUT2D eigenvalue weighted by molar-refractivity contribution is 1.09. The molecule has 0 unspecified atom stereocenters. The largest absolute Gasteiger partial charge is 0.155 e. The normalized spacial score (nSPS) is 18.6. The van der Waals surface area contributed by atoms with Crippen LogP contribution in [0, 0.1) is 0 Å². The van der Waals surface area contributed by atoms with Crippen LogP contribution in [-0.4, -0.2) is 4.99 Å². The van der Waals surface area contributed by atoms with Gasteiger partial charge < -0.3 is 0 Å². The van der Waals surface area contributed by atoms with E-state index in [1.54, 1.807) is 0 Å². The molecule has 0 spiro atoms. The maximum atomic E-state index is 4.75. The summed E-state index contributed by atoms with van der Waals surface area (Å²) in [6.45, 7) is 1.91. The first-order valence-corrected chi connectivity index (χ1v) is 2.81. The fourth-order valence-corrected chi connectivity index (χ4v) is 0.575. The fourth-order valence-electron chi connectivity index (χ4n) is 0.451. The van der Waals surface area contributed by atoms with E-state index in [1.165, 1.54) is 0 Å². The average Bonchev–Trinajstić information content (AvgIpc) is 1.77. The zero-order valence-corrected chi connectivity index (χ0v) is 5.40. The van der Waals surface area contributed by atoms with Crippen LogP contribution in [-0.2, 0) is 0 Å². The molecule has 0 saturated heterocycles. The van der Waals surface area contributed by atoms with Gasteiger partial charge in [0.2, 0.25) is 0 Å². The SMILES string of the molecule is CC1=CCC(=S)N=N1. The molecule has 0 N–H and O–H groups in total. The number of allylic oxidation sites excluding steroid dienone is 1. The number of azo groups is 1. The highest BCUT2D eigenvalue weighted by Crippen LogP contribution is 2.06. The van der Waals surface area contributed by atoms with Gasteiger partial charge in [-0.05, 0) is 6.92 Å². The molecule has 0 fully saturated rings. The molecule has 1 rings (SSSR count). The Bertz CT molecular complexity index is 167. The summed E-state index contributed by atoms with van der Waals surface area (Å²) in [6.07, 6.45) is 2.75. The summed E-state index contributed by atoms with van der Waals surface area (Å²) in [6, 6.07) is 0. The van der Waals surface area contributed by atoms with E-state index in [2.05, 4.69) is 10.2 Å². The molecule has 0 saturated carbocycles. The number of hydrogen-bond donors (Lipinski definition) is 0. The van der Waals surface area contributed by atoms with Gasteiger partial charge in [-0.1, -0.05) is 18.3 Å². The smallest absolute Gasteiger partial charge is 0.129 e. The zero-order chi connectivity index (χ0) is 5.98. The summed E-state index contributed by atoms with van der Waals surface area (Å²) >= 11 is 4.75. The van der Waals surface area contributed by atoms with Gasteiger partial charge in [-0.25, -0.2) is 0 Å². The first kappa shape index (κ1) is 5.56. The van der Waals surface area contributed by atoms with E-state index in [0.29, 0.717) is 4.99 Å². The van der Waals surface area contributed by atoms with Gasteiger partial charge in [0, 0.05) is 6.42 Å². The summed E-state index contributed by atoms with van der Waals surface area (Å²) in [4.78, 5) is 0.676. The molecule has 0 aliphatic carbocycles. The average molecular weight is 126 g/mol. The molecule has 0 amide bonds. The van der Waals surface area contributed by atoms with Crippen LogP contribution in [0.1, 0.15) is 13.3 Å². The van der Waals surface area contributed by atoms with Gasteiger partial charge in [0.05, 0.1) is 5.70 Å². The minimum Gasteiger partial charge on any atom is -0.155 e. The van der Waals surface area contributed by atoms with Gasteiger partial charge in [0.25, 0.3) is 0 Å². The quantitative estimate of drug-likeness (QED) is 0.456. The highest BCUT2D eigenvalue weighted by atomic mass is 32.1. The van der Waals surface area contributed by atoms with Crippen LogP contribution in [0.25, 0.3) is 0 Å². The third kappa shape index (κ3) is 1.20. The molecule has 1 aliphatic rings. The van der Waals surface area contributed by atoms with Crippen molar-refractivity contribution in [1.29, 1.82) is 0 Å². The second-order valence-electron chi connectivity index (χ2n) is 1.64. The van der Waals surface area contributed by atoms with Crippen molar-refractivity contribution < 1.29 is 0 Å². The van der Waals surface area contributed by atoms with Gasteiger partial charge in [-0.15, -0.1) is 5.11 Å². The Morgan fingerprint density at radius 3 is 2.75 bits per heavy atom. The van der Waals surface area contributed by atoms with Crippen LogP contribution >= 0.6 is 12.2 Å².